The quantitative estimate of drug-likeness (QED) is 0.174. The molecule has 0 saturated carbocycles. The fourth-order valence-electron chi connectivity index (χ4n) is 7.64. The highest BCUT2D eigenvalue weighted by atomic mass is 14.7. The third kappa shape index (κ3) is 4.82. The molecular weight excluding hydrogens is 591 g/mol. The average Bonchev–Trinajstić information content (AvgIpc) is 3.20. The summed E-state index contributed by atoms with van der Waals surface area (Å²) in [6.45, 7) is 6.67. The van der Waals surface area contributed by atoms with Gasteiger partial charge in [-0.3, -0.25) is 4.99 Å². The second-order valence-electron chi connectivity index (χ2n) is 12.8. The third-order valence-electron chi connectivity index (χ3n) is 9.95. The van der Waals surface area contributed by atoms with Gasteiger partial charge in [0, 0.05) is 16.8 Å². The zero-order valence-corrected chi connectivity index (χ0v) is 27.3. The average molecular weight is 624 g/mol. The van der Waals surface area contributed by atoms with Crippen LogP contribution in [0, 0.1) is 0 Å². The van der Waals surface area contributed by atoms with Crippen molar-refractivity contribution >= 4 is 38.5 Å². The molecule has 0 fully saturated rings. The molecule has 0 spiro atoms. The number of aliphatic imine (C=N–C) groups is 1. The van der Waals surface area contributed by atoms with E-state index in [2.05, 4.69) is 183 Å². The first-order valence-electron chi connectivity index (χ1n) is 16.8. The maximum atomic E-state index is 5.21. The van der Waals surface area contributed by atoms with E-state index >= 15 is 0 Å². The van der Waals surface area contributed by atoms with Crippen molar-refractivity contribution in [3.05, 3.63) is 193 Å². The lowest BCUT2D eigenvalue weighted by Crippen LogP contribution is -1.99. The molecule has 1 nitrogen and oxygen atoms in total. The summed E-state index contributed by atoms with van der Waals surface area (Å²) in [5, 5.41) is 5.00. The van der Waals surface area contributed by atoms with Gasteiger partial charge >= 0.3 is 0 Å². The second kappa shape index (κ2) is 11.7. The van der Waals surface area contributed by atoms with Crippen molar-refractivity contribution in [2.24, 2.45) is 4.99 Å². The highest BCUT2D eigenvalue weighted by Crippen LogP contribution is 2.45. The van der Waals surface area contributed by atoms with Gasteiger partial charge in [0.15, 0.2) is 0 Å². The molecule has 0 bridgehead atoms. The normalized spacial score (nSPS) is 13.4. The van der Waals surface area contributed by atoms with Crippen molar-refractivity contribution in [3.63, 3.8) is 0 Å². The Balaban J connectivity index is 1.32. The highest BCUT2D eigenvalue weighted by molar-refractivity contribution is 6.22. The minimum absolute atomic E-state index is 0.941. The van der Waals surface area contributed by atoms with Crippen molar-refractivity contribution in [1.29, 1.82) is 0 Å². The first kappa shape index (κ1) is 28.9. The maximum Gasteiger partial charge on any atom is 0.0711 e. The van der Waals surface area contributed by atoms with Gasteiger partial charge in [0.1, 0.15) is 0 Å². The van der Waals surface area contributed by atoms with E-state index in [4.69, 9.17) is 4.99 Å². The molecule has 0 unspecified atom stereocenters. The highest BCUT2D eigenvalue weighted by Gasteiger charge is 2.21. The van der Waals surface area contributed by atoms with Crippen LogP contribution in [-0.2, 0) is 0 Å². The Bertz CT molecular complexity index is 2610. The molecule has 0 atom stereocenters. The second-order valence-corrected chi connectivity index (χ2v) is 12.8. The molecule has 1 heterocycles. The van der Waals surface area contributed by atoms with Crippen molar-refractivity contribution in [2.75, 3.05) is 0 Å². The molecule has 0 aromatic heterocycles. The van der Waals surface area contributed by atoms with Crippen LogP contribution in [0.4, 0.5) is 5.69 Å². The zero-order chi connectivity index (χ0) is 32.9. The van der Waals surface area contributed by atoms with Gasteiger partial charge in [-0.15, -0.1) is 0 Å². The Kier molecular flexibility index (Phi) is 6.92. The molecule has 1 aliphatic heterocycles. The van der Waals surface area contributed by atoms with Gasteiger partial charge in [0.2, 0.25) is 0 Å². The SMILES string of the molecule is C=C1c2ccccc2/N=C(\C)c2cc(-c3ccc4c(-c5ccccc5)c5ccccc5c(-c5ccccc5)c4c3)ccc2-c2ccccc21. The molecular formula is C48H33N. The molecule has 1 aliphatic rings. The fraction of sp³-hybridized carbons (Fsp3) is 0.0208. The van der Waals surface area contributed by atoms with Crippen LogP contribution >= 0.6 is 0 Å². The van der Waals surface area contributed by atoms with E-state index < -0.39 is 0 Å². The molecule has 0 amide bonds. The summed E-state index contributed by atoms with van der Waals surface area (Å²) >= 11 is 0. The fourth-order valence-corrected chi connectivity index (χ4v) is 7.64. The van der Waals surface area contributed by atoms with Crippen LogP contribution in [0.15, 0.2) is 181 Å². The molecule has 1 heteroatoms. The summed E-state index contributed by atoms with van der Waals surface area (Å²) in [6, 6.07) is 61.2. The largest absolute Gasteiger partial charge is 0.252 e. The maximum absolute atomic E-state index is 5.21. The van der Waals surface area contributed by atoms with E-state index in [-0.39, 0.29) is 0 Å². The van der Waals surface area contributed by atoms with Crippen molar-refractivity contribution in [1.82, 2.24) is 0 Å². The van der Waals surface area contributed by atoms with Crippen LogP contribution in [0.3, 0.4) is 0 Å². The predicted octanol–water partition coefficient (Wildman–Crippen LogP) is 13.2. The lowest BCUT2D eigenvalue weighted by atomic mass is 9.84. The summed E-state index contributed by atoms with van der Waals surface area (Å²) in [6.07, 6.45) is 0. The van der Waals surface area contributed by atoms with E-state index in [0.29, 0.717) is 0 Å². The molecule has 0 saturated heterocycles. The lowest BCUT2D eigenvalue weighted by Gasteiger charge is -2.19. The lowest BCUT2D eigenvalue weighted by molar-refractivity contribution is 1.45. The third-order valence-corrected chi connectivity index (χ3v) is 9.95. The Morgan fingerprint density at radius 3 is 1.55 bits per heavy atom. The summed E-state index contributed by atoms with van der Waals surface area (Å²) in [7, 11) is 0. The van der Waals surface area contributed by atoms with Gasteiger partial charge in [0.25, 0.3) is 0 Å². The number of nitrogens with zero attached hydrogens (tertiary/aromatic N) is 1. The molecule has 9 rings (SSSR count). The summed E-state index contributed by atoms with van der Waals surface area (Å²) in [4.78, 5) is 5.21. The molecule has 0 aliphatic carbocycles. The van der Waals surface area contributed by atoms with Crippen LogP contribution in [-0.4, -0.2) is 5.71 Å². The van der Waals surface area contributed by atoms with Crippen LogP contribution in [0.5, 0.6) is 0 Å². The molecule has 0 radical (unpaired) electrons. The molecule has 230 valence electrons. The Labute approximate surface area is 287 Å². The number of benzene rings is 8. The van der Waals surface area contributed by atoms with E-state index in [1.54, 1.807) is 0 Å². The topological polar surface area (TPSA) is 12.4 Å². The minimum Gasteiger partial charge on any atom is -0.252 e. The standard InChI is InChI=1S/C48H33N/c1-31-37-19-9-10-21-39(37)40-27-25-35(29-44(40)32(2)49-46-24-14-13-20-38(31)46)36-26-28-43-45(30-36)48(34-17-7-4-8-18-34)42-23-12-11-22-41(42)47(43)33-15-5-3-6-16-33/h3-30H,1H2,2H3/b49-32+. The van der Waals surface area contributed by atoms with Crippen molar-refractivity contribution in [2.45, 2.75) is 6.92 Å². The summed E-state index contributed by atoms with van der Waals surface area (Å²) in [5.41, 5.74) is 15.9. The molecule has 49 heavy (non-hydrogen) atoms. The Morgan fingerprint density at radius 2 is 0.857 bits per heavy atom. The van der Waals surface area contributed by atoms with Crippen LogP contribution in [0.1, 0.15) is 23.6 Å². The first-order chi connectivity index (χ1) is 24.2. The van der Waals surface area contributed by atoms with Crippen molar-refractivity contribution < 1.29 is 0 Å². The molecule has 8 aromatic rings. The van der Waals surface area contributed by atoms with Gasteiger partial charge < -0.3 is 0 Å². The number of para-hydroxylation sites is 1. The Morgan fingerprint density at radius 1 is 0.367 bits per heavy atom. The monoisotopic (exact) mass is 623 g/mol. The van der Waals surface area contributed by atoms with Gasteiger partial charge in [0.05, 0.1) is 5.69 Å². The van der Waals surface area contributed by atoms with E-state index in [1.165, 1.54) is 54.9 Å². The number of rotatable bonds is 3. The number of hydrogen-bond donors (Lipinski definition) is 0. The zero-order valence-electron chi connectivity index (χ0n) is 27.3. The summed E-state index contributed by atoms with van der Waals surface area (Å²) in [5.74, 6) is 0. The van der Waals surface area contributed by atoms with Gasteiger partial charge in [-0.05, 0) is 102 Å². The molecule has 8 aromatic carbocycles. The number of fused-ring (bicyclic) bond motifs is 6. The first-order valence-corrected chi connectivity index (χ1v) is 16.8. The van der Waals surface area contributed by atoms with E-state index in [9.17, 15) is 0 Å². The van der Waals surface area contributed by atoms with E-state index in [1.807, 2.05) is 0 Å². The van der Waals surface area contributed by atoms with Crippen LogP contribution in [0.25, 0.3) is 71.6 Å². The smallest absolute Gasteiger partial charge is 0.0711 e. The summed E-state index contributed by atoms with van der Waals surface area (Å²) < 4.78 is 0. The van der Waals surface area contributed by atoms with Gasteiger partial charge in [-0.25, -0.2) is 0 Å². The van der Waals surface area contributed by atoms with Crippen LogP contribution < -0.4 is 0 Å². The minimum atomic E-state index is 0.941. The Hall–Kier alpha value is -6.31. The van der Waals surface area contributed by atoms with Gasteiger partial charge in [-0.2, -0.15) is 0 Å². The van der Waals surface area contributed by atoms with Crippen molar-refractivity contribution in [3.8, 4) is 44.5 Å². The number of hydrogen-bond acceptors (Lipinski definition) is 1. The molecule has 0 N–H and O–H groups in total. The predicted molar refractivity (Wildman–Crippen MR) is 210 cm³/mol. The van der Waals surface area contributed by atoms with Gasteiger partial charge in [-0.1, -0.05) is 158 Å². The van der Waals surface area contributed by atoms with Crippen LogP contribution in [0.2, 0.25) is 0 Å². The van der Waals surface area contributed by atoms with E-state index in [0.717, 1.165) is 44.8 Å².